The molecular formula is C63H60F7N11O7. The molecule has 0 aliphatic carbocycles. The maximum absolute atomic E-state index is 15.6. The van der Waals surface area contributed by atoms with Crippen LogP contribution in [0, 0.1) is 30.2 Å². The lowest BCUT2D eigenvalue weighted by Crippen LogP contribution is -2.40. The highest BCUT2D eigenvalue weighted by Gasteiger charge is 2.36. The molecule has 0 spiro atoms. The Balaban J connectivity index is 0.000000213. The third-order valence-electron chi connectivity index (χ3n) is 14.5. The molecule has 0 saturated heterocycles. The first-order valence-corrected chi connectivity index (χ1v) is 27.4. The minimum absolute atomic E-state index is 0.0471. The fourth-order valence-corrected chi connectivity index (χ4v) is 10.3. The van der Waals surface area contributed by atoms with Crippen molar-refractivity contribution in [3.8, 4) is 34.2 Å². The van der Waals surface area contributed by atoms with Gasteiger partial charge in [-0.05, 0) is 132 Å². The number of methoxy groups -OCH3 is 2. The number of nitrogens with two attached hydrogens (primary N) is 1. The number of benzene rings is 6. The molecule has 2 N–H and O–H groups in total. The van der Waals surface area contributed by atoms with Crippen molar-refractivity contribution in [2.45, 2.75) is 65.5 Å². The molecule has 0 amide bonds. The van der Waals surface area contributed by atoms with E-state index in [-0.39, 0.29) is 82.3 Å². The number of nitrogen functional groups attached to an aromatic ring is 1. The summed E-state index contributed by atoms with van der Waals surface area (Å²) in [5.74, 6) is -4.07. The van der Waals surface area contributed by atoms with Crippen molar-refractivity contribution >= 4 is 33.5 Å². The van der Waals surface area contributed by atoms with E-state index in [4.69, 9.17) is 20.3 Å². The standard InChI is InChI=1S/C34H32F5N5O4.C29H28F2N6O3/c1-5-8-22(45)17-20-13-15-21(16-14-20)44-27(19-41(2)3)29-31(40-44)42(18-23-24(34(37,38)39)9-6-10-25(23)35)33(47)43(32(29)46)26-11-7-12-28(48-4)30(26)36;1-17-7-5-8-21(30)20(17)15-35-27-25(23(16-34(2)3)37(33-27)19-13-11-18(32)12-14-19)28(38)36(29(35)39)22-9-6-10-24(40-4)26(22)31/h6-7,9-16H,5,8,17-19H2,1-4H3;5-14H,15-16,32H2,1-4H3. The molecule has 0 atom stereocenters. The van der Waals surface area contributed by atoms with Crippen LogP contribution in [0.15, 0.2) is 141 Å². The quantitative estimate of drug-likeness (QED) is 0.0634. The van der Waals surface area contributed by atoms with E-state index in [1.54, 1.807) is 91.3 Å². The molecule has 0 bridgehead atoms. The molecule has 0 aliphatic heterocycles. The first-order chi connectivity index (χ1) is 41.9. The number of rotatable bonds is 18. The van der Waals surface area contributed by atoms with E-state index in [0.29, 0.717) is 51.8 Å². The molecule has 10 rings (SSSR count). The average molecular weight is 1220 g/mol. The Morgan fingerprint density at radius 1 is 0.591 bits per heavy atom. The Bertz CT molecular complexity index is 4520. The number of aromatic nitrogens is 8. The van der Waals surface area contributed by atoms with Crippen molar-refractivity contribution < 1.29 is 45.0 Å². The van der Waals surface area contributed by atoms with Crippen molar-refractivity contribution in [3.05, 3.63) is 225 Å². The first kappa shape index (κ1) is 62.6. The number of hydrogen-bond acceptors (Lipinski definition) is 12. The summed E-state index contributed by atoms with van der Waals surface area (Å²) in [6.45, 7) is 2.72. The zero-order chi connectivity index (χ0) is 63.6. The Labute approximate surface area is 497 Å². The Kier molecular flexibility index (Phi) is 18.2. The zero-order valence-electron chi connectivity index (χ0n) is 49.0. The highest BCUT2D eigenvalue weighted by Crippen LogP contribution is 2.35. The molecule has 0 unspecified atom stereocenters. The molecule has 0 fully saturated rings. The van der Waals surface area contributed by atoms with E-state index in [2.05, 4.69) is 5.10 Å². The molecule has 6 aromatic carbocycles. The third kappa shape index (κ3) is 12.3. The number of ether oxygens (including phenoxy) is 2. The Morgan fingerprint density at radius 2 is 1.02 bits per heavy atom. The molecule has 10 aromatic rings. The van der Waals surface area contributed by atoms with Crippen LogP contribution in [0.1, 0.15) is 59.0 Å². The fraction of sp³-hybridized carbons (Fsp3) is 0.254. The van der Waals surface area contributed by atoms with Crippen LogP contribution in [0.2, 0.25) is 0 Å². The topological polar surface area (TPSA) is 192 Å². The van der Waals surface area contributed by atoms with Gasteiger partial charge in [0, 0.05) is 42.7 Å². The summed E-state index contributed by atoms with van der Waals surface area (Å²) in [6, 6.07) is 28.6. The van der Waals surface area contributed by atoms with Crippen molar-refractivity contribution in [3.63, 3.8) is 0 Å². The maximum atomic E-state index is 15.6. The van der Waals surface area contributed by atoms with Gasteiger partial charge in [0.1, 0.15) is 28.2 Å². The van der Waals surface area contributed by atoms with E-state index in [0.717, 1.165) is 32.9 Å². The van der Waals surface area contributed by atoms with Crippen LogP contribution in [0.4, 0.5) is 36.4 Å². The summed E-state index contributed by atoms with van der Waals surface area (Å²) >= 11 is 0. The van der Waals surface area contributed by atoms with E-state index >= 15 is 13.2 Å². The van der Waals surface area contributed by atoms with Gasteiger partial charge in [-0.15, -0.1) is 10.2 Å². The zero-order valence-corrected chi connectivity index (χ0v) is 49.0. The number of nitrogens with zero attached hydrogens (tertiary/aromatic N) is 10. The smallest absolute Gasteiger partial charge is 0.416 e. The Morgan fingerprint density at radius 3 is 1.45 bits per heavy atom. The molecular weight excluding hydrogens is 1160 g/mol. The average Bonchev–Trinajstić information content (AvgIpc) is 1.71. The second kappa shape index (κ2) is 25.6. The van der Waals surface area contributed by atoms with Gasteiger partial charge >= 0.3 is 17.6 Å². The van der Waals surface area contributed by atoms with Crippen molar-refractivity contribution in [1.82, 2.24) is 47.6 Å². The highest BCUT2D eigenvalue weighted by atomic mass is 19.4. The predicted octanol–water partition coefficient (Wildman–Crippen LogP) is 9.29. The van der Waals surface area contributed by atoms with Crippen LogP contribution in [-0.4, -0.2) is 95.8 Å². The molecule has 4 aromatic heterocycles. The molecule has 0 saturated carbocycles. The van der Waals surface area contributed by atoms with Crippen molar-refractivity contribution in [2.75, 3.05) is 48.1 Å². The van der Waals surface area contributed by atoms with Crippen LogP contribution in [0.25, 0.3) is 44.8 Å². The molecule has 0 aliphatic rings. The summed E-state index contributed by atoms with van der Waals surface area (Å²) < 4.78 is 120. The third-order valence-corrected chi connectivity index (χ3v) is 14.5. The van der Waals surface area contributed by atoms with Gasteiger partial charge in [-0.2, -0.15) is 13.2 Å². The fourth-order valence-electron chi connectivity index (χ4n) is 10.3. The van der Waals surface area contributed by atoms with Crippen LogP contribution in [0.3, 0.4) is 0 Å². The summed E-state index contributed by atoms with van der Waals surface area (Å²) in [4.78, 5) is 72.3. The molecule has 0 radical (unpaired) electrons. The molecule has 88 heavy (non-hydrogen) atoms. The number of carbonyl (C=O) groups is 1. The molecule has 18 nitrogen and oxygen atoms in total. The van der Waals surface area contributed by atoms with E-state index in [9.17, 15) is 41.5 Å². The lowest BCUT2D eigenvalue weighted by atomic mass is 10.1. The number of alkyl halides is 3. The highest BCUT2D eigenvalue weighted by molar-refractivity contribution is 5.82. The second-order valence-electron chi connectivity index (χ2n) is 21.2. The minimum Gasteiger partial charge on any atom is -0.494 e. The number of hydrogen-bond donors (Lipinski definition) is 1. The van der Waals surface area contributed by atoms with E-state index in [1.807, 2.05) is 25.9 Å². The normalized spacial score (nSPS) is 11.7. The Hall–Kier alpha value is -9.88. The lowest BCUT2D eigenvalue weighted by molar-refractivity contribution is -0.138. The summed E-state index contributed by atoms with van der Waals surface area (Å²) in [5.41, 5.74) is 2.56. The number of carbonyl (C=O) groups excluding carboxylic acids is 1. The van der Waals surface area contributed by atoms with Crippen molar-refractivity contribution in [2.24, 2.45) is 0 Å². The number of Topliss-reactive ketones (excluding diaryl/α,β-unsaturated/α-hetero) is 1. The van der Waals surface area contributed by atoms with E-state index in [1.165, 1.54) is 59.9 Å². The lowest BCUT2D eigenvalue weighted by Gasteiger charge is -2.17. The monoisotopic (exact) mass is 1220 g/mol. The largest absolute Gasteiger partial charge is 0.494 e. The number of anilines is 1. The number of fused-ring (bicyclic) bond motifs is 2. The maximum Gasteiger partial charge on any atom is 0.416 e. The number of aryl methyl sites for hydroxylation is 1. The number of halogens is 7. The minimum atomic E-state index is -4.98. The van der Waals surface area contributed by atoms with Crippen molar-refractivity contribution in [1.29, 1.82) is 0 Å². The summed E-state index contributed by atoms with van der Waals surface area (Å²) in [7, 11) is 9.54. The predicted molar refractivity (Wildman–Crippen MR) is 318 cm³/mol. The first-order valence-electron chi connectivity index (χ1n) is 27.4. The molecule has 458 valence electrons. The summed E-state index contributed by atoms with van der Waals surface area (Å²) in [5, 5.41) is 9.13. The van der Waals surface area contributed by atoms with Crippen LogP contribution in [0.5, 0.6) is 11.5 Å². The van der Waals surface area contributed by atoms with Gasteiger partial charge in [0.2, 0.25) is 0 Å². The second-order valence-corrected chi connectivity index (χ2v) is 21.2. The van der Waals surface area contributed by atoms with Gasteiger partial charge < -0.3 is 25.0 Å². The SMILES string of the molecule is CCCC(=O)Cc1ccc(-n2nc3c(c2CN(C)C)c(=O)n(-c2cccc(OC)c2F)c(=O)n3Cc2c(F)cccc2C(F)(F)F)cc1.COc1cccc(-n2c(=O)c3c(CN(C)C)n(-c4ccc(N)cc4)nc3n(Cc3c(C)cccc3F)c2=O)c1F. The summed E-state index contributed by atoms with van der Waals surface area (Å²) in [6.07, 6.45) is -3.64. The molecule has 4 heterocycles. The van der Waals surface area contributed by atoms with Gasteiger partial charge in [-0.25, -0.2) is 45.6 Å². The number of ketones is 1. The van der Waals surface area contributed by atoms with Gasteiger partial charge in [-0.1, -0.05) is 49.4 Å². The van der Waals surface area contributed by atoms with Crippen LogP contribution >= 0.6 is 0 Å². The van der Waals surface area contributed by atoms with Gasteiger partial charge in [0.05, 0.1) is 67.0 Å². The van der Waals surface area contributed by atoms with Crippen LogP contribution < -0.4 is 37.7 Å². The van der Waals surface area contributed by atoms with Gasteiger partial charge in [0.15, 0.2) is 34.4 Å². The van der Waals surface area contributed by atoms with Crippen LogP contribution in [-0.2, 0) is 43.6 Å². The van der Waals surface area contributed by atoms with Gasteiger partial charge in [0.25, 0.3) is 11.1 Å². The van der Waals surface area contributed by atoms with Gasteiger partial charge in [-0.3, -0.25) is 23.5 Å². The van der Waals surface area contributed by atoms with E-state index < -0.39 is 75.3 Å². The molecule has 25 heteroatoms.